The van der Waals surface area contributed by atoms with Crippen LogP contribution < -0.4 is 5.73 Å². The summed E-state index contributed by atoms with van der Waals surface area (Å²) >= 11 is 0. The minimum Gasteiger partial charge on any atom is -0.335 e. The Bertz CT molecular complexity index is 1170. The number of amides is 1. The summed E-state index contributed by atoms with van der Waals surface area (Å²) in [6, 6.07) is 28.4. The number of benzene rings is 3. The first-order chi connectivity index (χ1) is 17.0. The van der Waals surface area contributed by atoms with E-state index in [2.05, 4.69) is 43.5 Å². The van der Waals surface area contributed by atoms with Crippen LogP contribution in [0, 0.1) is 5.92 Å². The van der Waals surface area contributed by atoms with Crippen LogP contribution in [0.5, 0.6) is 0 Å². The van der Waals surface area contributed by atoms with E-state index in [1.165, 1.54) is 5.56 Å². The van der Waals surface area contributed by atoms with Gasteiger partial charge in [-0.15, -0.1) is 0 Å². The van der Waals surface area contributed by atoms with Gasteiger partial charge in [0.05, 0.1) is 24.0 Å². The van der Waals surface area contributed by atoms with Crippen molar-refractivity contribution >= 4 is 16.9 Å². The van der Waals surface area contributed by atoms with Gasteiger partial charge in [0.1, 0.15) is 5.82 Å². The molecule has 35 heavy (non-hydrogen) atoms. The topological polar surface area (TPSA) is 64.2 Å². The second-order valence-corrected chi connectivity index (χ2v) is 9.44. The van der Waals surface area contributed by atoms with Crippen LogP contribution in [0.25, 0.3) is 11.0 Å². The van der Waals surface area contributed by atoms with Crippen LogP contribution >= 0.6 is 0 Å². The van der Waals surface area contributed by atoms with Crippen LogP contribution in [0.4, 0.5) is 0 Å². The molecule has 4 rings (SSSR count). The van der Waals surface area contributed by atoms with Crippen molar-refractivity contribution in [3.63, 3.8) is 0 Å². The van der Waals surface area contributed by atoms with Crippen LogP contribution in [0.3, 0.4) is 0 Å². The summed E-state index contributed by atoms with van der Waals surface area (Å²) in [7, 11) is 0. The third kappa shape index (κ3) is 8.08. The van der Waals surface area contributed by atoms with Crippen molar-refractivity contribution in [2.45, 2.75) is 46.7 Å². The van der Waals surface area contributed by atoms with Gasteiger partial charge in [0, 0.05) is 13.1 Å². The third-order valence-corrected chi connectivity index (χ3v) is 5.43. The number of carbonyl (C=O) groups is 1. The van der Waals surface area contributed by atoms with E-state index < -0.39 is 0 Å². The number of carbonyl (C=O) groups excluding carboxylic acids is 1. The van der Waals surface area contributed by atoms with Crippen LogP contribution in [0.15, 0.2) is 84.9 Å². The Morgan fingerprint density at radius 2 is 1.46 bits per heavy atom. The maximum absolute atomic E-state index is 13.2. The van der Waals surface area contributed by atoms with Crippen LogP contribution in [0.1, 0.15) is 44.1 Å². The van der Waals surface area contributed by atoms with E-state index in [-0.39, 0.29) is 5.91 Å². The van der Waals surface area contributed by atoms with Crippen LogP contribution in [0.2, 0.25) is 0 Å². The summed E-state index contributed by atoms with van der Waals surface area (Å²) in [6.07, 6.45) is 1.14. The largest absolute Gasteiger partial charge is 0.335 e. The fourth-order valence-electron chi connectivity index (χ4n) is 3.82. The molecule has 0 aliphatic rings. The van der Waals surface area contributed by atoms with Gasteiger partial charge >= 0.3 is 0 Å². The lowest BCUT2D eigenvalue weighted by Crippen LogP contribution is -2.34. The number of fused-ring (bicyclic) bond motifs is 1. The van der Waals surface area contributed by atoms with Gasteiger partial charge in [-0.25, -0.2) is 4.98 Å². The molecule has 1 aromatic heterocycles. The highest BCUT2D eigenvalue weighted by atomic mass is 16.2. The second-order valence-electron chi connectivity index (χ2n) is 9.44. The molecule has 3 aromatic carbocycles. The van der Waals surface area contributed by atoms with Crippen molar-refractivity contribution in [3.8, 4) is 0 Å². The highest BCUT2D eigenvalue weighted by Crippen LogP contribution is 2.20. The minimum absolute atomic E-state index is 0.0953. The maximum atomic E-state index is 13.2. The van der Waals surface area contributed by atoms with Gasteiger partial charge in [-0.2, -0.15) is 0 Å². The Balaban J connectivity index is 0.000000795. The lowest BCUT2D eigenvalue weighted by atomic mass is 10.1. The van der Waals surface area contributed by atoms with Crippen LogP contribution in [-0.4, -0.2) is 33.4 Å². The van der Waals surface area contributed by atoms with Crippen molar-refractivity contribution in [3.05, 3.63) is 102 Å². The second kappa shape index (κ2) is 13.4. The van der Waals surface area contributed by atoms with Crippen molar-refractivity contribution in [2.24, 2.45) is 11.7 Å². The fraction of sp³-hybridized carbons (Fsp3) is 0.333. The molecule has 4 aromatic rings. The molecule has 0 aliphatic heterocycles. The molecular formula is C30H38N4O. The normalized spacial score (nSPS) is 10.8. The highest BCUT2D eigenvalue weighted by molar-refractivity contribution is 5.79. The molecule has 0 saturated heterocycles. The Labute approximate surface area is 209 Å². The number of rotatable bonds is 9. The van der Waals surface area contributed by atoms with E-state index in [0.717, 1.165) is 34.8 Å². The summed E-state index contributed by atoms with van der Waals surface area (Å²) in [5.74, 6) is 1.82. The molecule has 0 bridgehead atoms. The fourth-order valence-corrected chi connectivity index (χ4v) is 3.82. The molecule has 5 heteroatoms. The first kappa shape index (κ1) is 26.2. The first-order valence-electron chi connectivity index (χ1n) is 12.5. The highest BCUT2D eigenvalue weighted by Gasteiger charge is 2.19. The number of hydrogen-bond acceptors (Lipinski definition) is 3. The zero-order valence-electron chi connectivity index (χ0n) is 21.2. The molecule has 0 saturated carbocycles. The predicted octanol–water partition coefficient (Wildman–Crippen LogP) is 5.67. The zero-order valence-corrected chi connectivity index (χ0v) is 21.2. The van der Waals surface area contributed by atoms with E-state index in [9.17, 15) is 4.79 Å². The Kier molecular flexibility index (Phi) is 10.1. The summed E-state index contributed by atoms with van der Waals surface area (Å²) in [6.45, 7) is 8.85. The van der Waals surface area contributed by atoms with Crippen molar-refractivity contribution in [1.29, 1.82) is 0 Å². The van der Waals surface area contributed by atoms with Gasteiger partial charge in [0.2, 0.25) is 5.91 Å². The number of nitrogens with two attached hydrogens (primary N) is 1. The predicted molar refractivity (Wildman–Crippen MR) is 145 cm³/mol. The van der Waals surface area contributed by atoms with E-state index in [4.69, 9.17) is 10.7 Å². The molecule has 0 unspecified atom stereocenters. The van der Waals surface area contributed by atoms with E-state index in [0.29, 0.717) is 32.6 Å². The average molecular weight is 471 g/mol. The molecule has 1 heterocycles. The Morgan fingerprint density at radius 1 is 0.886 bits per heavy atom. The number of nitrogens with zero attached hydrogens (tertiary/aromatic N) is 3. The molecule has 184 valence electrons. The van der Waals surface area contributed by atoms with Gasteiger partial charge < -0.3 is 15.2 Å². The van der Waals surface area contributed by atoms with Crippen molar-refractivity contribution in [2.75, 3.05) is 13.1 Å². The molecule has 0 aliphatic carbocycles. The standard InChI is InChI=1S/C26H28N4O.C4H10/c27-16-9-17-29(26(31)18-21-10-3-1-4-11-21)20-25-28-23-14-7-8-15-24(23)30(25)19-22-12-5-2-6-13-22;1-4(2)3/h1-8,10-15H,9,16-20,27H2;4H,1-3H3. The number of para-hydroxylation sites is 2. The molecule has 1 amide bonds. The number of hydrogen-bond donors (Lipinski definition) is 1. The van der Waals surface area contributed by atoms with Gasteiger partial charge in [-0.05, 0) is 42.1 Å². The molecule has 0 spiro atoms. The van der Waals surface area contributed by atoms with Gasteiger partial charge in [-0.1, -0.05) is 93.6 Å². The lowest BCUT2D eigenvalue weighted by Gasteiger charge is -2.23. The van der Waals surface area contributed by atoms with Crippen molar-refractivity contribution < 1.29 is 4.79 Å². The Hall–Kier alpha value is -3.44. The maximum Gasteiger partial charge on any atom is 0.227 e. The minimum atomic E-state index is 0.0953. The number of aromatic nitrogens is 2. The average Bonchev–Trinajstić information content (AvgIpc) is 3.19. The van der Waals surface area contributed by atoms with Crippen molar-refractivity contribution in [1.82, 2.24) is 14.5 Å². The molecule has 5 nitrogen and oxygen atoms in total. The molecular weight excluding hydrogens is 432 g/mol. The quantitative estimate of drug-likeness (QED) is 0.343. The smallest absolute Gasteiger partial charge is 0.227 e. The van der Waals surface area contributed by atoms with Gasteiger partial charge in [0.15, 0.2) is 0 Å². The first-order valence-corrected chi connectivity index (χ1v) is 12.5. The number of imidazole rings is 1. The van der Waals surface area contributed by atoms with E-state index in [1.54, 1.807) is 0 Å². The monoisotopic (exact) mass is 470 g/mol. The van der Waals surface area contributed by atoms with Gasteiger partial charge in [-0.3, -0.25) is 4.79 Å². The molecule has 2 N–H and O–H groups in total. The summed E-state index contributed by atoms with van der Waals surface area (Å²) in [4.78, 5) is 19.9. The summed E-state index contributed by atoms with van der Waals surface area (Å²) in [5.41, 5.74) is 10.0. The van der Waals surface area contributed by atoms with E-state index >= 15 is 0 Å². The molecule has 0 radical (unpaired) electrons. The SMILES string of the molecule is CC(C)C.NCCCN(Cc1nc2ccccc2n1Cc1ccccc1)C(=O)Cc1ccccc1. The van der Waals surface area contributed by atoms with E-state index in [1.807, 2.05) is 71.6 Å². The zero-order chi connectivity index (χ0) is 25.0. The van der Waals surface area contributed by atoms with Gasteiger partial charge in [0.25, 0.3) is 0 Å². The van der Waals surface area contributed by atoms with Crippen LogP contribution in [-0.2, 0) is 24.3 Å². The Morgan fingerprint density at radius 3 is 2.09 bits per heavy atom. The third-order valence-electron chi connectivity index (χ3n) is 5.43. The molecule has 0 atom stereocenters. The summed E-state index contributed by atoms with van der Waals surface area (Å²) in [5, 5.41) is 0. The molecule has 0 fully saturated rings. The summed E-state index contributed by atoms with van der Waals surface area (Å²) < 4.78 is 2.22. The lowest BCUT2D eigenvalue weighted by molar-refractivity contribution is -0.131.